The van der Waals surface area contributed by atoms with Crippen LogP contribution in [0, 0.1) is 0 Å². The quantitative estimate of drug-likeness (QED) is 0.323. The fraction of sp³-hybridized carbons (Fsp3) is 0.444. The van der Waals surface area contributed by atoms with Crippen molar-refractivity contribution in [3.8, 4) is 0 Å². The summed E-state index contributed by atoms with van der Waals surface area (Å²) in [5, 5.41) is 0. The predicted molar refractivity (Wildman–Crippen MR) is 169 cm³/mol. The molecule has 0 bridgehead atoms. The van der Waals surface area contributed by atoms with E-state index in [-0.39, 0.29) is 19.1 Å². The molecular weight excluding hydrogens is 588 g/mol. The summed E-state index contributed by atoms with van der Waals surface area (Å²) >= 11 is 0. The van der Waals surface area contributed by atoms with Crippen molar-refractivity contribution in [2.45, 2.75) is 75.1 Å². The van der Waals surface area contributed by atoms with Crippen LogP contribution in [0.15, 0.2) is 91.0 Å². The van der Waals surface area contributed by atoms with Crippen LogP contribution >= 0.6 is 0 Å². The zero-order chi connectivity index (χ0) is 32.4. The van der Waals surface area contributed by atoms with Gasteiger partial charge in [0.1, 0.15) is 36.6 Å². The van der Waals surface area contributed by atoms with Crippen LogP contribution in [0.1, 0.15) is 41.4 Å². The standard InChI is InChI=1S/C36H42N2O8/c1-36(2)45-31-30(44-35(41-5)32(31)46-36)29(42-22-23-15-9-6-10-16-23)28-33(39)38(4)27(24-17-11-7-12-18-24)26(21-37(28)3)43-34(40)25-19-13-8-14-20-25/h6-20,26-32,35H,21-22H2,1-5H3/t26-,27+,28-,29-,30+,31+,32+,35+/m0/s1. The second-order valence-electron chi connectivity index (χ2n) is 12.5. The van der Waals surface area contributed by atoms with Gasteiger partial charge in [-0.2, -0.15) is 0 Å². The number of likely N-dealkylation sites (N-methyl/N-ethyl adjacent to an activating group) is 2. The highest BCUT2D eigenvalue weighted by atomic mass is 16.8. The fourth-order valence-electron chi connectivity index (χ4n) is 6.82. The summed E-state index contributed by atoms with van der Waals surface area (Å²) < 4.78 is 37.6. The van der Waals surface area contributed by atoms with Crippen molar-refractivity contribution in [1.82, 2.24) is 9.80 Å². The van der Waals surface area contributed by atoms with Crippen molar-refractivity contribution in [2.24, 2.45) is 0 Å². The van der Waals surface area contributed by atoms with Gasteiger partial charge >= 0.3 is 5.97 Å². The van der Waals surface area contributed by atoms with Crippen molar-refractivity contribution in [3.05, 3.63) is 108 Å². The van der Waals surface area contributed by atoms with Crippen LogP contribution in [0.2, 0.25) is 0 Å². The van der Waals surface area contributed by atoms with Crippen LogP contribution in [0.3, 0.4) is 0 Å². The zero-order valence-corrected chi connectivity index (χ0v) is 26.9. The molecule has 3 saturated heterocycles. The van der Waals surface area contributed by atoms with Gasteiger partial charge in [-0.15, -0.1) is 0 Å². The first kappa shape index (κ1) is 32.3. The second-order valence-corrected chi connectivity index (χ2v) is 12.5. The lowest BCUT2D eigenvalue weighted by atomic mass is 9.97. The fourth-order valence-corrected chi connectivity index (χ4v) is 6.82. The minimum atomic E-state index is -0.872. The molecule has 3 aromatic carbocycles. The van der Waals surface area contributed by atoms with E-state index in [1.54, 1.807) is 43.3 Å². The molecular formula is C36H42N2O8. The first-order valence-electron chi connectivity index (χ1n) is 15.6. The SMILES string of the molecule is CO[C@@H]1O[C@H]([C@@H](OCc2ccccc2)[C@H]2C(=O)N(C)[C@H](c3ccccc3)[C@@H](OC(=O)c3ccccc3)CN2C)[C@H]2OC(C)(C)O[C@@H]12. The maximum atomic E-state index is 14.7. The van der Waals surface area contributed by atoms with Gasteiger partial charge in [-0.25, -0.2) is 4.79 Å². The Morgan fingerprint density at radius 3 is 2.17 bits per heavy atom. The molecule has 0 unspecified atom stereocenters. The molecule has 3 fully saturated rings. The summed E-state index contributed by atoms with van der Waals surface area (Å²) in [5.74, 6) is -1.53. The smallest absolute Gasteiger partial charge is 0.338 e. The molecule has 0 radical (unpaired) electrons. The number of nitrogens with zero attached hydrogens (tertiary/aromatic N) is 2. The molecule has 3 aliphatic heterocycles. The van der Waals surface area contributed by atoms with E-state index in [4.69, 9.17) is 28.4 Å². The molecule has 6 rings (SSSR count). The van der Waals surface area contributed by atoms with Gasteiger partial charge in [0, 0.05) is 20.7 Å². The van der Waals surface area contributed by atoms with E-state index in [0.717, 1.165) is 11.1 Å². The minimum Gasteiger partial charge on any atom is -0.455 e. The van der Waals surface area contributed by atoms with Crippen LogP contribution in [0.5, 0.6) is 0 Å². The number of esters is 1. The number of carbonyl (C=O) groups excluding carboxylic acids is 2. The van der Waals surface area contributed by atoms with E-state index in [1.165, 1.54) is 0 Å². The molecule has 10 nitrogen and oxygen atoms in total. The van der Waals surface area contributed by atoms with E-state index in [9.17, 15) is 9.59 Å². The van der Waals surface area contributed by atoms with Gasteiger partial charge in [0.25, 0.3) is 0 Å². The lowest BCUT2D eigenvalue weighted by Crippen LogP contribution is -2.57. The number of fused-ring (bicyclic) bond motifs is 1. The third kappa shape index (κ3) is 6.60. The van der Waals surface area contributed by atoms with Crippen LogP contribution in [0.25, 0.3) is 0 Å². The molecule has 3 aromatic rings. The first-order chi connectivity index (χ1) is 22.2. The van der Waals surface area contributed by atoms with Crippen LogP contribution < -0.4 is 0 Å². The van der Waals surface area contributed by atoms with E-state index < -0.39 is 60.6 Å². The Balaban J connectivity index is 1.37. The van der Waals surface area contributed by atoms with Gasteiger partial charge in [0.05, 0.1) is 18.2 Å². The van der Waals surface area contributed by atoms with Gasteiger partial charge in [-0.05, 0) is 44.2 Å². The Morgan fingerprint density at radius 2 is 1.52 bits per heavy atom. The zero-order valence-electron chi connectivity index (χ0n) is 26.9. The Bertz CT molecular complexity index is 1470. The summed E-state index contributed by atoms with van der Waals surface area (Å²) in [7, 11) is 5.16. The van der Waals surface area contributed by atoms with Crippen LogP contribution in [-0.4, -0.2) is 98.1 Å². The van der Waals surface area contributed by atoms with E-state index in [2.05, 4.69) is 0 Å². The summed E-state index contributed by atoms with van der Waals surface area (Å²) in [6, 6.07) is 26.9. The molecule has 0 aromatic heterocycles. The largest absolute Gasteiger partial charge is 0.455 e. The lowest BCUT2D eigenvalue weighted by molar-refractivity contribution is -0.244. The van der Waals surface area contributed by atoms with Gasteiger partial charge in [0.15, 0.2) is 12.1 Å². The van der Waals surface area contributed by atoms with Crippen molar-refractivity contribution in [1.29, 1.82) is 0 Å². The normalized spacial score (nSPS) is 30.1. The van der Waals surface area contributed by atoms with Crippen molar-refractivity contribution in [2.75, 3.05) is 27.7 Å². The van der Waals surface area contributed by atoms with Gasteiger partial charge in [-0.3, -0.25) is 9.69 Å². The molecule has 0 aliphatic carbocycles. The van der Waals surface area contributed by atoms with Crippen LogP contribution in [0.4, 0.5) is 0 Å². The third-order valence-corrected chi connectivity index (χ3v) is 8.92. The molecule has 46 heavy (non-hydrogen) atoms. The summed E-state index contributed by atoms with van der Waals surface area (Å²) in [6.45, 7) is 4.19. The maximum Gasteiger partial charge on any atom is 0.338 e. The Morgan fingerprint density at radius 1 is 0.913 bits per heavy atom. The predicted octanol–water partition coefficient (Wildman–Crippen LogP) is 4.20. The molecule has 0 N–H and O–H groups in total. The van der Waals surface area contributed by atoms with Crippen molar-refractivity contribution >= 4 is 11.9 Å². The molecule has 3 heterocycles. The molecule has 0 saturated carbocycles. The van der Waals surface area contributed by atoms with E-state index >= 15 is 0 Å². The lowest BCUT2D eigenvalue weighted by Gasteiger charge is -2.37. The molecule has 10 heteroatoms. The topological polar surface area (TPSA) is 96.0 Å². The number of amides is 1. The number of methoxy groups -OCH3 is 1. The third-order valence-electron chi connectivity index (χ3n) is 8.92. The second kappa shape index (κ2) is 13.6. The summed E-state index contributed by atoms with van der Waals surface area (Å²) in [6.07, 6.45) is -3.96. The number of hydrogen-bond acceptors (Lipinski definition) is 9. The average Bonchev–Trinajstić information content (AvgIpc) is 3.53. The van der Waals surface area contributed by atoms with E-state index in [1.807, 2.05) is 92.5 Å². The van der Waals surface area contributed by atoms with E-state index in [0.29, 0.717) is 5.56 Å². The maximum absolute atomic E-state index is 14.7. The highest BCUT2D eigenvalue weighted by molar-refractivity contribution is 5.89. The average molecular weight is 631 g/mol. The molecule has 3 aliphatic rings. The first-order valence-corrected chi connectivity index (χ1v) is 15.6. The number of hydrogen-bond donors (Lipinski definition) is 0. The molecule has 0 spiro atoms. The monoisotopic (exact) mass is 630 g/mol. The molecule has 244 valence electrons. The van der Waals surface area contributed by atoms with Gasteiger partial charge in [0.2, 0.25) is 5.91 Å². The Kier molecular flexibility index (Phi) is 9.56. The minimum absolute atomic E-state index is 0.202. The highest BCUT2D eigenvalue weighted by Gasteiger charge is 2.60. The number of carbonyl (C=O) groups is 2. The van der Waals surface area contributed by atoms with Gasteiger partial charge in [-0.1, -0.05) is 78.9 Å². The van der Waals surface area contributed by atoms with Crippen molar-refractivity contribution < 1.29 is 38.0 Å². The number of ether oxygens (including phenoxy) is 6. The number of benzene rings is 3. The van der Waals surface area contributed by atoms with Crippen molar-refractivity contribution in [3.63, 3.8) is 0 Å². The summed E-state index contributed by atoms with van der Waals surface area (Å²) in [5.41, 5.74) is 2.24. The number of rotatable bonds is 9. The Hall–Kier alpha value is -3.64. The van der Waals surface area contributed by atoms with Crippen LogP contribution in [-0.2, 0) is 39.8 Å². The molecule has 8 atom stereocenters. The summed E-state index contributed by atoms with van der Waals surface area (Å²) in [4.78, 5) is 31.7. The van der Waals surface area contributed by atoms with Gasteiger partial charge < -0.3 is 33.3 Å². The highest BCUT2D eigenvalue weighted by Crippen LogP contribution is 2.42. The Labute approximate surface area is 270 Å². The molecule has 1 amide bonds.